The van der Waals surface area contributed by atoms with Gasteiger partial charge in [-0.3, -0.25) is 4.90 Å². The molecule has 0 spiro atoms. The normalized spacial score (nSPS) is 12.9. The van der Waals surface area contributed by atoms with Crippen LogP contribution in [0.25, 0.3) is 0 Å². The summed E-state index contributed by atoms with van der Waals surface area (Å²) < 4.78 is 23.7. The first-order chi connectivity index (χ1) is 10.1. The molecule has 0 saturated carbocycles. The van der Waals surface area contributed by atoms with E-state index in [1.54, 1.807) is 21.1 Å². The number of hydrogen-bond donors (Lipinski definition) is 1. The van der Waals surface area contributed by atoms with Crippen molar-refractivity contribution in [2.75, 3.05) is 47.1 Å². The molecule has 0 saturated heterocycles. The fourth-order valence-corrected chi connectivity index (χ4v) is 2.42. The standard InChI is InChI=1S/C16H27FN2O2/c1-13-11-14(5-6-15(13)17)16(12-18)19(8-10-21-3)7-4-9-20-2/h5-6,11,16H,4,7-10,12,18H2,1-3H3. The molecule has 0 radical (unpaired) electrons. The zero-order chi connectivity index (χ0) is 15.7. The Labute approximate surface area is 127 Å². The molecule has 1 rings (SSSR count). The molecule has 1 unspecified atom stereocenters. The van der Waals surface area contributed by atoms with Gasteiger partial charge in [0.05, 0.1) is 6.61 Å². The highest BCUT2D eigenvalue weighted by molar-refractivity contribution is 5.27. The van der Waals surface area contributed by atoms with Crippen LogP contribution in [0.1, 0.15) is 23.6 Å². The topological polar surface area (TPSA) is 47.7 Å². The van der Waals surface area contributed by atoms with Crippen molar-refractivity contribution < 1.29 is 13.9 Å². The summed E-state index contributed by atoms with van der Waals surface area (Å²) in [6.07, 6.45) is 0.927. The highest BCUT2D eigenvalue weighted by Crippen LogP contribution is 2.22. The number of ether oxygens (including phenoxy) is 2. The lowest BCUT2D eigenvalue weighted by atomic mass is 10.0. The van der Waals surface area contributed by atoms with Crippen molar-refractivity contribution in [2.24, 2.45) is 5.73 Å². The maximum Gasteiger partial charge on any atom is 0.126 e. The predicted molar refractivity (Wildman–Crippen MR) is 82.9 cm³/mol. The van der Waals surface area contributed by atoms with Crippen molar-refractivity contribution in [3.63, 3.8) is 0 Å². The van der Waals surface area contributed by atoms with Crippen molar-refractivity contribution in [2.45, 2.75) is 19.4 Å². The van der Waals surface area contributed by atoms with Gasteiger partial charge in [0.2, 0.25) is 0 Å². The van der Waals surface area contributed by atoms with Crippen LogP contribution in [0.15, 0.2) is 18.2 Å². The molecule has 0 fully saturated rings. The zero-order valence-corrected chi connectivity index (χ0v) is 13.3. The van der Waals surface area contributed by atoms with Gasteiger partial charge in [0.1, 0.15) is 5.82 Å². The fourth-order valence-electron chi connectivity index (χ4n) is 2.42. The van der Waals surface area contributed by atoms with Crippen LogP contribution in [0.5, 0.6) is 0 Å². The minimum absolute atomic E-state index is 0.0660. The van der Waals surface area contributed by atoms with Gasteiger partial charge in [-0.1, -0.05) is 12.1 Å². The second-order valence-corrected chi connectivity index (χ2v) is 5.14. The van der Waals surface area contributed by atoms with E-state index in [0.717, 1.165) is 25.1 Å². The molecule has 5 heteroatoms. The lowest BCUT2D eigenvalue weighted by Crippen LogP contribution is -2.37. The van der Waals surface area contributed by atoms with Gasteiger partial charge in [-0.05, 0) is 30.5 Å². The summed E-state index contributed by atoms with van der Waals surface area (Å²) in [7, 11) is 3.38. The average molecular weight is 298 g/mol. The summed E-state index contributed by atoms with van der Waals surface area (Å²) in [6, 6.07) is 5.27. The van der Waals surface area contributed by atoms with Crippen LogP contribution in [0.3, 0.4) is 0 Å². The largest absolute Gasteiger partial charge is 0.385 e. The fraction of sp³-hybridized carbons (Fsp3) is 0.625. The number of hydrogen-bond acceptors (Lipinski definition) is 4. The van der Waals surface area contributed by atoms with Gasteiger partial charge in [-0.15, -0.1) is 0 Å². The molecule has 0 aliphatic heterocycles. The van der Waals surface area contributed by atoms with E-state index in [4.69, 9.17) is 15.2 Å². The molecule has 4 nitrogen and oxygen atoms in total. The minimum atomic E-state index is -0.183. The second-order valence-electron chi connectivity index (χ2n) is 5.14. The van der Waals surface area contributed by atoms with Crippen molar-refractivity contribution in [3.05, 3.63) is 35.1 Å². The van der Waals surface area contributed by atoms with Gasteiger partial charge >= 0.3 is 0 Å². The van der Waals surface area contributed by atoms with Gasteiger partial charge in [-0.2, -0.15) is 0 Å². The number of rotatable bonds is 10. The van der Waals surface area contributed by atoms with Crippen molar-refractivity contribution in [3.8, 4) is 0 Å². The van der Waals surface area contributed by atoms with Gasteiger partial charge < -0.3 is 15.2 Å². The van der Waals surface area contributed by atoms with E-state index in [-0.39, 0.29) is 11.9 Å². The molecule has 0 bridgehead atoms. The number of methoxy groups -OCH3 is 2. The molecule has 0 heterocycles. The first-order valence-electron chi connectivity index (χ1n) is 7.32. The van der Waals surface area contributed by atoms with E-state index in [2.05, 4.69) is 4.90 Å². The summed E-state index contributed by atoms with van der Waals surface area (Å²) in [4.78, 5) is 2.27. The molecule has 21 heavy (non-hydrogen) atoms. The lowest BCUT2D eigenvalue weighted by Gasteiger charge is -2.31. The maximum absolute atomic E-state index is 13.4. The highest BCUT2D eigenvalue weighted by atomic mass is 19.1. The van der Waals surface area contributed by atoms with Crippen LogP contribution < -0.4 is 5.73 Å². The molecule has 0 aliphatic rings. The molecular weight excluding hydrogens is 271 g/mol. The maximum atomic E-state index is 13.4. The molecule has 2 N–H and O–H groups in total. The molecular formula is C16H27FN2O2. The van der Waals surface area contributed by atoms with Crippen molar-refractivity contribution in [1.29, 1.82) is 0 Å². The van der Waals surface area contributed by atoms with E-state index in [9.17, 15) is 4.39 Å². The summed E-state index contributed by atoms with van der Waals surface area (Å²) >= 11 is 0. The number of aryl methyl sites for hydroxylation is 1. The van der Waals surface area contributed by atoms with Crippen LogP contribution in [0.4, 0.5) is 4.39 Å². The molecule has 0 aromatic heterocycles. The second kappa shape index (κ2) is 9.84. The van der Waals surface area contributed by atoms with Crippen LogP contribution in [0, 0.1) is 12.7 Å². The van der Waals surface area contributed by atoms with Gasteiger partial charge in [0.15, 0.2) is 0 Å². The number of halogens is 1. The lowest BCUT2D eigenvalue weighted by molar-refractivity contribution is 0.108. The molecule has 120 valence electrons. The van der Waals surface area contributed by atoms with Crippen LogP contribution in [0.2, 0.25) is 0 Å². The summed E-state index contributed by atoms with van der Waals surface area (Å²) in [6.45, 7) is 5.28. The Hall–Kier alpha value is -1.01. The predicted octanol–water partition coefficient (Wildman–Crippen LogP) is 2.12. The molecule has 1 aromatic carbocycles. The molecule has 1 atom stereocenters. The molecule has 1 aromatic rings. The van der Waals surface area contributed by atoms with Crippen LogP contribution >= 0.6 is 0 Å². The van der Waals surface area contributed by atoms with E-state index in [0.29, 0.717) is 25.3 Å². The highest BCUT2D eigenvalue weighted by Gasteiger charge is 2.19. The SMILES string of the molecule is COCCCN(CCOC)C(CN)c1ccc(F)c(C)c1. The summed E-state index contributed by atoms with van der Waals surface area (Å²) in [5, 5.41) is 0. The Kier molecular flexibility index (Phi) is 8.45. The first-order valence-corrected chi connectivity index (χ1v) is 7.32. The van der Waals surface area contributed by atoms with Crippen molar-refractivity contribution >= 4 is 0 Å². The quantitative estimate of drug-likeness (QED) is 0.672. The third-order valence-electron chi connectivity index (χ3n) is 3.61. The Balaban J connectivity index is 2.84. The summed E-state index contributed by atoms with van der Waals surface area (Å²) in [5.41, 5.74) is 7.66. The number of nitrogens with zero attached hydrogens (tertiary/aromatic N) is 1. The smallest absolute Gasteiger partial charge is 0.126 e. The zero-order valence-electron chi connectivity index (χ0n) is 13.3. The Morgan fingerprint density at radius 3 is 2.48 bits per heavy atom. The van der Waals surface area contributed by atoms with E-state index in [1.807, 2.05) is 12.1 Å². The Morgan fingerprint density at radius 2 is 1.90 bits per heavy atom. The third-order valence-corrected chi connectivity index (χ3v) is 3.61. The number of benzene rings is 1. The van der Waals surface area contributed by atoms with Crippen LogP contribution in [-0.4, -0.2) is 52.0 Å². The number of nitrogens with two attached hydrogens (primary N) is 1. The van der Waals surface area contributed by atoms with Gasteiger partial charge in [0.25, 0.3) is 0 Å². The Morgan fingerprint density at radius 1 is 1.19 bits per heavy atom. The van der Waals surface area contributed by atoms with E-state index < -0.39 is 0 Å². The van der Waals surface area contributed by atoms with Crippen molar-refractivity contribution in [1.82, 2.24) is 4.90 Å². The molecule has 0 amide bonds. The monoisotopic (exact) mass is 298 g/mol. The Bertz CT molecular complexity index is 415. The van der Waals surface area contributed by atoms with Gasteiger partial charge in [-0.25, -0.2) is 4.39 Å². The molecule has 0 aliphatic carbocycles. The average Bonchev–Trinajstić information content (AvgIpc) is 2.48. The van der Waals surface area contributed by atoms with Crippen LogP contribution in [-0.2, 0) is 9.47 Å². The minimum Gasteiger partial charge on any atom is -0.385 e. The summed E-state index contributed by atoms with van der Waals surface area (Å²) in [5.74, 6) is -0.183. The van der Waals surface area contributed by atoms with Gasteiger partial charge in [0, 0.05) is 46.5 Å². The first kappa shape index (κ1) is 18.0. The third kappa shape index (κ3) is 5.71. The van der Waals surface area contributed by atoms with E-state index in [1.165, 1.54) is 6.07 Å². The van der Waals surface area contributed by atoms with E-state index >= 15 is 0 Å².